The van der Waals surface area contributed by atoms with Gasteiger partial charge in [-0.05, 0) is 51.2 Å². The average Bonchev–Trinajstić information content (AvgIpc) is 3.17. The van der Waals surface area contributed by atoms with Crippen LogP contribution in [0.5, 0.6) is 11.5 Å². The average molecular weight is 417 g/mol. The molecule has 1 aromatic carbocycles. The molecular weight excluding hydrogens is 384 g/mol. The van der Waals surface area contributed by atoms with Gasteiger partial charge < -0.3 is 20.1 Å². The van der Waals surface area contributed by atoms with Gasteiger partial charge >= 0.3 is 0 Å². The van der Waals surface area contributed by atoms with E-state index in [4.69, 9.17) is 19.5 Å². The van der Waals surface area contributed by atoms with Gasteiger partial charge in [0.15, 0.2) is 5.96 Å². The third-order valence-electron chi connectivity index (χ3n) is 5.00. The number of methoxy groups -OCH3 is 2. The molecule has 0 saturated carbocycles. The van der Waals surface area contributed by atoms with E-state index >= 15 is 0 Å². The molecule has 0 fully saturated rings. The lowest BCUT2D eigenvalue weighted by Gasteiger charge is -2.12. The lowest BCUT2D eigenvalue weighted by atomic mass is 10.0. The van der Waals surface area contributed by atoms with E-state index in [1.807, 2.05) is 29.5 Å². The van der Waals surface area contributed by atoms with E-state index in [1.165, 1.54) is 34.8 Å². The van der Waals surface area contributed by atoms with Crippen molar-refractivity contribution in [3.63, 3.8) is 0 Å². The maximum absolute atomic E-state index is 5.47. The Morgan fingerprint density at radius 3 is 2.79 bits per heavy atom. The number of hydrogen-bond acceptors (Lipinski definition) is 5. The first-order valence-corrected chi connectivity index (χ1v) is 11.3. The first kappa shape index (κ1) is 21.4. The van der Waals surface area contributed by atoms with Crippen molar-refractivity contribution in [3.05, 3.63) is 39.3 Å². The molecule has 6 nitrogen and oxygen atoms in total. The summed E-state index contributed by atoms with van der Waals surface area (Å²) in [6.07, 6.45) is 7.06. The molecule has 0 amide bonds. The number of aliphatic imine (C=N–C) groups is 1. The van der Waals surface area contributed by atoms with Crippen LogP contribution in [0.25, 0.3) is 0 Å². The van der Waals surface area contributed by atoms with Crippen molar-refractivity contribution in [2.45, 2.75) is 52.0 Å². The number of ether oxygens (including phenoxy) is 2. The standard InChI is InChI=1S/C22H32N4O2S/c1-4-23-22(25-15-16-11-12-17(27-2)14-19(16)28-3)24-13-7-10-21-26-18-8-5-6-9-20(18)29-21/h11-12,14H,4-10,13,15H2,1-3H3,(H2,23,24,25). The highest BCUT2D eigenvalue weighted by Gasteiger charge is 2.14. The molecule has 0 saturated heterocycles. The molecule has 1 aromatic heterocycles. The third-order valence-corrected chi connectivity index (χ3v) is 6.21. The molecule has 1 aliphatic rings. The van der Waals surface area contributed by atoms with Gasteiger partial charge in [0.25, 0.3) is 0 Å². The number of guanidine groups is 1. The lowest BCUT2D eigenvalue weighted by Crippen LogP contribution is -2.37. The fourth-order valence-electron chi connectivity index (χ4n) is 3.45. The maximum atomic E-state index is 5.47. The molecule has 2 N–H and O–H groups in total. The molecule has 7 heteroatoms. The Balaban J connectivity index is 1.51. The van der Waals surface area contributed by atoms with E-state index in [1.54, 1.807) is 14.2 Å². The first-order valence-electron chi connectivity index (χ1n) is 10.4. The zero-order chi connectivity index (χ0) is 20.5. The number of rotatable bonds is 9. The summed E-state index contributed by atoms with van der Waals surface area (Å²) in [6, 6.07) is 5.81. The van der Waals surface area contributed by atoms with Gasteiger partial charge in [-0.1, -0.05) is 0 Å². The van der Waals surface area contributed by atoms with Gasteiger partial charge in [0.05, 0.1) is 31.5 Å². The van der Waals surface area contributed by atoms with Crippen molar-refractivity contribution in [2.75, 3.05) is 27.3 Å². The molecule has 3 rings (SSSR count). The Morgan fingerprint density at radius 1 is 1.17 bits per heavy atom. The second-order valence-electron chi connectivity index (χ2n) is 7.09. The SMILES string of the molecule is CCNC(=NCc1ccc(OC)cc1OC)NCCCc1nc2c(s1)CCCC2. The highest BCUT2D eigenvalue weighted by molar-refractivity contribution is 7.11. The summed E-state index contributed by atoms with van der Waals surface area (Å²) in [5, 5.41) is 8.03. The van der Waals surface area contributed by atoms with Crippen molar-refractivity contribution in [1.82, 2.24) is 15.6 Å². The summed E-state index contributed by atoms with van der Waals surface area (Å²) < 4.78 is 10.7. The van der Waals surface area contributed by atoms with Crippen molar-refractivity contribution in [1.29, 1.82) is 0 Å². The fraction of sp³-hybridized carbons (Fsp3) is 0.545. The molecule has 1 aliphatic carbocycles. The van der Waals surface area contributed by atoms with Crippen LogP contribution in [0.1, 0.15) is 47.3 Å². The largest absolute Gasteiger partial charge is 0.497 e. The van der Waals surface area contributed by atoms with E-state index < -0.39 is 0 Å². The highest BCUT2D eigenvalue weighted by Crippen LogP contribution is 2.27. The Hall–Kier alpha value is -2.28. The van der Waals surface area contributed by atoms with Gasteiger partial charge in [0, 0.05) is 36.0 Å². The number of benzene rings is 1. The quantitative estimate of drug-likeness (QED) is 0.370. The topological polar surface area (TPSA) is 67.8 Å². The lowest BCUT2D eigenvalue weighted by molar-refractivity contribution is 0.391. The van der Waals surface area contributed by atoms with Crippen LogP contribution in [0.4, 0.5) is 0 Å². The van der Waals surface area contributed by atoms with Crippen LogP contribution < -0.4 is 20.1 Å². The summed E-state index contributed by atoms with van der Waals surface area (Å²) in [6.45, 7) is 4.31. The summed E-state index contributed by atoms with van der Waals surface area (Å²) in [5.41, 5.74) is 2.38. The summed E-state index contributed by atoms with van der Waals surface area (Å²) in [5.74, 6) is 2.39. The Kier molecular flexibility index (Phi) is 8.16. The minimum Gasteiger partial charge on any atom is -0.497 e. The minimum atomic E-state index is 0.543. The van der Waals surface area contributed by atoms with E-state index in [-0.39, 0.29) is 0 Å². The van der Waals surface area contributed by atoms with E-state index in [0.717, 1.165) is 55.4 Å². The molecule has 0 spiro atoms. The van der Waals surface area contributed by atoms with E-state index in [2.05, 4.69) is 17.6 Å². The molecule has 1 heterocycles. The zero-order valence-electron chi connectivity index (χ0n) is 17.7. The van der Waals surface area contributed by atoms with E-state index in [9.17, 15) is 0 Å². The number of nitrogens with zero attached hydrogens (tertiary/aromatic N) is 2. The maximum Gasteiger partial charge on any atom is 0.191 e. The first-order chi connectivity index (χ1) is 14.2. The summed E-state index contributed by atoms with van der Waals surface area (Å²) in [7, 11) is 3.32. The molecule has 158 valence electrons. The van der Waals surface area contributed by atoms with Crippen LogP contribution in [0, 0.1) is 0 Å². The Bertz CT molecular complexity index is 796. The van der Waals surface area contributed by atoms with Crippen LogP contribution in [0.15, 0.2) is 23.2 Å². The van der Waals surface area contributed by atoms with Gasteiger partial charge in [-0.3, -0.25) is 0 Å². The molecule has 0 aliphatic heterocycles. The number of thiazole rings is 1. The minimum absolute atomic E-state index is 0.543. The van der Waals surface area contributed by atoms with Crippen molar-refractivity contribution in [3.8, 4) is 11.5 Å². The summed E-state index contributed by atoms with van der Waals surface area (Å²) in [4.78, 5) is 11.1. The second-order valence-corrected chi connectivity index (χ2v) is 8.26. The second kappa shape index (κ2) is 11.0. The van der Waals surface area contributed by atoms with Gasteiger partial charge in [-0.15, -0.1) is 11.3 Å². The van der Waals surface area contributed by atoms with Crippen LogP contribution in [-0.4, -0.2) is 38.3 Å². The van der Waals surface area contributed by atoms with Crippen LogP contribution >= 0.6 is 11.3 Å². The molecule has 29 heavy (non-hydrogen) atoms. The smallest absolute Gasteiger partial charge is 0.191 e. The van der Waals surface area contributed by atoms with Crippen LogP contribution in [0.3, 0.4) is 0 Å². The van der Waals surface area contributed by atoms with Gasteiger partial charge in [-0.2, -0.15) is 0 Å². The van der Waals surface area contributed by atoms with Crippen LogP contribution in [-0.2, 0) is 25.8 Å². The predicted molar refractivity (Wildman–Crippen MR) is 119 cm³/mol. The number of aryl methyl sites for hydroxylation is 3. The number of hydrogen-bond donors (Lipinski definition) is 2. The van der Waals surface area contributed by atoms with E-state index in [0.29, 0.717) is 6.54 Å². The molecule has 2 aromatic rings. The number of fused-ring (bicyclic) bond motifs is 1. The fourth-order valence-corrected chi connectivity index (χ4v) is 4.65. The zero-order valence-corrected chi connectivity index (χ0v) is 18.5. The van der Waals surface area contributed by atoms with Crippen molar-refractivity contribution < 1.29 is 9.47 Å². The normalized spacial score (nSPS) is 13.7. The van der Waals surface area contributed by atoms with Gasteiger partial charge in [0.1, 0.15) is 11.5 Å². The van der Waals surface area contributed by atoms with Gasteiger partial charge in [-0.25, -0.2) is 9.98 Å². The third kappa shape index (κ3) is 6.10. The van der Waals surface area contributed by atoms with Crippen LogP contribution in [0.2, 0.25) is 0 Å². The number of nitrogens with one attached hydrogen (secondary N) is 2. The predicted octanol–water partition coefficient (Wildman–Crippen LogP) is 3.73. The summed E-state index contributed by atoms with van der Waals surface area (Å²) >= 11 is 1.91. The highest BCUT2D eigenvalue weighted by atomic mass is 32.1. The molecule has 0 atom stereocenters. The van der Waals surface area contributed by atoms with Crippen molar-refractivity contribution in [2.24, 2.45) is 4.99 Å². The molecule has 0 unspecified atom stereocenters. The van der Waals surface area contributed by atoms with Crippen molar-refractivity contribution >= 4 is 17.3 Å². The van der Waals surface area contributed by atoms with Gasteiger partial charge in [0.2, 0.25) is 0 Å². The molecular formula is C22H32N4O2S. The molecule has 0 radical (unpaired) electrons. The monoisotopic (exact) mass is 416 g/mol. The molecule has 0 bridgehead atoms. The number of aromatic nitrogens is 1. The Labute approximate surface area is 177 Å². The Morgan fingerprint density at radius 2 is 2.03 bits per heavy atom.